The molecule has 0 heterocycles. The maximum Gasteiger partial charge on any atom is 0.416 e. The van der Waals surface area contributed by atoms with Gasteiger partial charge in [0.15, 0.2) is 0 Å². The van der Waals surface area contributed by atoms with Gasteiger partial charge in [0.05, 0.1) is 5.56 Å². The first-order chi connectivity index (χ1) is 8.38. The van der Waals surface area contributed by atoms with Crippen LogP contribution in [0.5, 0.6) is 0 Å². The van der Waals surface area contributed by atoms with Gasteiger partial charge >= 0.3 is 6.18 Å². The summed E-state index contributed by atoms with van der Waals surface area (Å²) in [5.41, 5.74) is 0.303. The molecule has 0 atom stereocenters. The Kier molecular flexibility index (Phi) is 3.61. The van der Waals surface area contributed by atoms with Crippen LogP contribution < -0.4 is 0 Å². The molecule has 0 amide bonds. The molecule has 0 fully saturated rings. The maximum atomic E-state index is 12.9. The molecule has 0 radical (unpaired) electrons. The summed E-state index contributed by atoms with van der Waals surface area (Å²) >= 11 is 1.90. The zero-order valence-corrected chi connectivity index (χ0v) is 11.1. The van der Waals surface area contributed by atoms with Crippen LogP contribution in [0.2, 0.25) is 0 Å². The van der Waals surface area contributed by atoms with Crippen molar-refractivity contribution in [2.45, 2.75) is 6.18 Å². The van der Waals surface area contributed by atoms with Crippen molar-refractivity contribution in [2.75, 3.05) is 0 Å². The first-order valence-electron chi connectivity index (χ1n) is 5.00. The van der Waals surface area contributed by atoms with E-state index in [9.17, 15) is 17.6 Å². The van der Waals surface area contributed by atoms with E-state index in [1.807, 2.05) is 22.6 Å². The number of halogens is 5. The highest BCUT2D eigenvalue weighted by Gasteiger charge is 2.30. The SMILES string of the molecule is Fc1ccc(-c2cccc(C(F)(F)F)c2)c(I)c1. The fourth-order valence-electron chi connectivity index (χ4n) is 1.59. The molecule has 0 unspecified atom stereocenters. The van der Waals surface area contributed by atoms with Gasteiger partial charge in [-0.15, -0.1) is 0 Å². The second-order valence-electron chi connectivity index (χ2n) is 3.70. The van der Waals surface area contributed by atoms with Crippen LogP contribution in [0.4, 0.5) is 17.6 Å². The minimum absolute atomic E-state index is 0.407. The Bertz CT molecular complexity index is 575. The Morgan fingerprint density at radius 1 is 0.944 bits per heavy atom. The first-order valence-corrected chi connectivity index (χ1v) is 6.08. The maximum absolute atomic E-state index is 12.9. The average molecular weight is 366 g/mol. The van der Waals surface area contributed by atoms with E-state index in [1.54, 1.807) is 6.07 Å². The third kappa shape index (κ3) is 2.82. The number of alkyl halides is 3. The number of benzene rings is 2. The van der Waals surface area contributed by atoms with Crippen molar-refractivity contribution in [3.8, 4) is 11.1 Å². The van der Waals surface area contributed by atoms with Crippen molar-refractivity contribution in [1.82, 2.24) is 0 Å². The standard InChI is InChI=1S/C13H7F4I/c14-10-4-5-11(12(18)7-10)8-2-1-3-9(6-8)13(15,16)17/h1-7H. The summed E-state index contributed by atoms with van der Waals surface area (Å²) in [5.74, 6) is -0.407. The van der Waals surface area contributed by atoms with Crippen LogP contribution in [0, 0.1) is 9.39 Å². The van der Waals surface area contributed by atoms with E-state index >= 15 is 0 Å². The van der Waals surface area contributed by atoms with Gasteiger partial charge in [-0.25, -0.2) is 4.39 Å². The van der Waals surface area contributed by atoms with Gasteiger partial charge in [-0.05, 0) is 58.0 Å². The summed E-state index contributed by atoms with van der Waals surface area (Å²) in [5, 5.41) is 0. The second kappa shape index (κ2) is 4.87. The summed E-state index contributed by atoms with van der Waals surface area (Å²) in [4.78, 5) is 0. The van der Waals surface area contributed by atoms with Gasteiger partial charge in [-0.2, -0.15) is 13.2 Å². The fourth-order valence-corrected chi connectivity index (χ4v) is 2.38. The van der Waals surface area contributed by atoms with Gasteiger partial charge in [0, 0.05) is 3.57 Å². The third-order valence-corrected chi connectivity index (χ3v) is 3.32. The zero-order chi connectivity index (χ0) is 13.3. The topological polar surface area (TPSA) is 0 Å². The summed E-state index contributed by atoms with van der Waals surface area (Å²) in [6.07, 6.45) is -4.37. The predicted molar refractivity (Wildman–Crippen MR) is 69.6 cm³/mol. The highest BCUT2D eigenvalue weighted by molar-refractivity contribution is 14.1. The van der Waals surface area contributed by atoms with E-state index in [0.717, 1.165) is 12.1 Å². The molecule has 0 saturated heterocycles. The van der Waals surface area contributed by atoms with Crippen molar-refractivity contribution in [1.29, 1.82) is 0 Å². The van der Waals surface area contributed by atoms with Gasteiger partial charge in [-0.1, -0.05) is 18.2 Å². The minimum atomic E-state index is -4.37. The summed E-state index contributed by atoms with van der Waals surface area (Å²) in [7, 11) is 0. The molecule has 0 bridgehead atoms. The lowest BCUT2D eigenvalue weighted by atomic mass is 10.0. The molecule has 18 heavy (non-hydrogen) atoms. The number of hydrogen-bond donors (Lipinski definition) is 0. The molecule has 0 N–H and O–H groups in total. The molecule has 0 aromatic heterocycles. The van der Waals surface area contributed by atoms with Crippen molar-refractivity contribution in [3.63, 3.8) is 0 Å². The Hall–Kier alpha value is -1.11. The molecule has 0 aliphatic rings. The second-order valence-corrected chi connectivity index (χ2v) is 4.86. The number of hydrogen-bond acceptors (Lipinski definition) is 0. The van der Waals surface area contributed by atoms with Gasteiger partial charge in [0.25, 0.3) is 0 Å². The molecule has 94 valence electrons. The summed E-state index contributed by atoms with van der Waals surface area (Å²) in [6, 6.07) is 9.00. The quantitative estimate of drug-likeness (QED) is 0.486. The summed E-state index contributed by atoms with van der Waals surface area (Å²) in [6.45, 7) is 0. The molecular weight excluding hydrogens is 359 g/mol. The van der Waals surface area contributed by atoms with Gasteiger partial charge in [-0.3, -0.25) is 0 Å². The van der Waals surface area contributed by atoms with Crippen LogP contribution >= 0.6 is 22.6 Å². The van der Waals surface area contributed by atoms with Gasteiger partial charge in [0.2, 0.25) is 0 Å². The molecular formula is C13H7F4I. The van der Waals surface area contributed by atoms with Gasteiger partial charge in [0.1, 0.15) is 5.82 Å². The molecule has 0 aliphatic carbocycles. The fraction of sp³-hybridized carbons (Fsp3) is 0.0769. The van der Waals surface area contributed by atoms with E-state index < -0.39 is 17.6 Å². The minimum Gasteiger partial charge on any atom is -0.207 e. The van der Waals surface area contributed by atoms with Crippen LogP contribution in [0.25, 0.3) is 11.1 Å². The van der Waals surface area contributed by atoms with Crippen LogP contribution in [0.1, 0.15) is 5.56 Å². The van der Waals surface area contributed by atoms with E-state index in [0.29, 0.717) is 14.7 Å². The molecule has 0 nitrogen and oxygen atoms in total. The summed E-state index contributed by atoms with van der Waals surface area (Å²) < 4.78 is 51.3. The van der Waals surface area contributed by atoms with Crippen molar-refractivity contribution >= 4 is 22.6 Å². The van der Waals surface area contributed by atoms with Crippen LogP contribution in [0.15, 0.2) is 42.5 Å². The average Bonchev–Trinajstić information content (AvgIpc) is 2.28. The molecule has 0 saturated carbocycles. The van der Waals surface area contributed by atoms with E-state index in [1.165, 1.54) is 24.3 Å². The Morgan fingerprint density at radius 3 is 2.28 bits per heavy atom. The zero-order valence-electron chi connectivity index (χ0n) is 8.93. The molecule has 2 rings (SSSR count). The van der Waals surface area contributed by atoms with Crippen molar-refractivity contribution < 1.29 is 17.6 Å². The third-order valence-electron chi connectivity index (χ3n) is 2.43. The lowest BCUT2D eigenvalue weighted by molar-refractivity contribution is -0.137. The monoisotopic (exact) mass is 366 g/mol. The van der Waals surface area contributed by atoms with Crippen molar-refractivity contribution in [3.05, 3.63) is 57.4 Å². The number of rotatable bonds is 1. The van der Waals surface area contributed by atoms with Crippen LogP contribution in [-0.4, -0.2) is 0 Å². The van der Waals surface area contributed by atoms with Crippen LogP contribution in [-0.2, 0) is 6.18 Å². The normalized spacial score (nSPS) is 11.6. The van der Waals surface area contributed by atoms with E-state index in [2.05, 4.69) is 0 Å². The Labute approximate surface area is 115 Å². The predicted octanol–water partition coefficient (Wildman–Crippen LogP) is 5.12. The highest BCUT2D eigenvalue weighted by Crippen LogP contribution is 2.33. The lowest BCUT2D eigenvalue weighted by Gasteiger charge is -2.10. The molecule has 2 aromatic rings. The lowest BCUT2D eigenvalue weighted by Crippen LogP contribution is -2.04. The van der Waals surface area contributed by atoms with E-state index in [-0.39, 0.29) is 0 Å². The first kappa shape index (κ1) is 13.3. The largest absolute Gasteiger partial charge is 0.416 e. The van der Waals surface area contributed by atoms with Crippen molar-refractivity contribution in [2.24, 2.45) is 0 Å². The molecule has 0 aliphatic heterocycles. The Morgan fingerprint density at radius 2 is 1.67 bits per heavy atom. The van der Waals surface area contributed by atoms with Gasteiger partial charge < -0.3 is 0 Å². The van der Waals surface area contributed by atoms with E-state index in [4.69, 9.17) is 0 Å². The molecule has 0 spiro atoms. The smallest absolute Gasteiger partial charge is 0.207 e. The molecule has 5 heteroatoms. The van der Waals surface area contributed by atoms with Crippen LogP contribution in [0.3, 0.4) is 0 Å². The highest BCUT2D eigenvalue weighted by atomic mass is 127. The molecule has 2 aromatic carbocycles. The Balaban J connectivity index is 2.51.